The van der Waals surface area contributed by atoms with Crippen LogP contribution in [0.1, 0.15) is 18.3 Å². The summed E-state index contributed by atoms with van der Waals surface area (Å²) in [6.07, 6.45) is 1.58. The lowest BCUT2D eigenvalue weighted by Gasteiger charge is -2.13. The number of benzene rings is 3. The predicted molar refractivity (Wildman–Crippen MR) is 150 cm³/mol. The first-order valence-corrected chi connectivity index (χ1v) is 13.1. The highest BCUT2D eigenvalue weighted by Crippen LogP contribution is 2.26. The van der Waals surface area contributed by atoms with Crippen molar-refractivity contribution in [2.45, 2.75) is 23.9 Å². The van der Waals surface area contributed by atoms with E-state index in [0.29, 0.717) is 16.7 Å². The van der Waals surface area contributed by atoms with E-state index in [0.717, 1.165) is 22.8 Å². The molecule has 1 heterocycles. The van der Waals surface area contributed by atoms with Gasteiger partial charge in [0.1, 0.15) is 0 Å². The van der Waals surface area contributed by atoms with Crippen LogP contribution in [0.4, 0.5) is 5.69 Å². The molecule has 0 fully saturated rings. The number of carbonyl (C=O) groups is 1. The van der Waals surface area contributed by atoms with Crippen molar-refractivity contribution >= 4 is 63.8 Å². The molecule has 0 aliphatic rings. The van der Waals surface area contributed by atoms with E-state index < -0.39 is 5.25 Å². The number of thioether (sulfide) groups is 1. The summed E-state index contributed by atoms with van der Waals surface area (Å²) in [6, 6.07) is 25.2. The largest absolute Gasteiger partial charge is 0.378 e. The second kappa shape index (κ2) is 12.2. The summed E-state index contributed by atoms with van der Waals surface area (Å²) >= 11 is 9.50. The summed E-state index contributed by atoms with van der Waals surface area (Å²) in [5, 5.41) is 17.1. The van der Waals surface area contributed by atoms with Crippen molar-refractivity contribution in [1.29, 1.82) is 0 Å². The molecule has 10 heteroatoms. The lowest BCUT2D eigenvalue weighted by molar-refractivity contribution is -0.120. The molecule has 35 heavy (non-hydrogen) atoms. The fraction of sp³-hybridized carbons (Fsp3) is 0.120. The first kappa shape index (κ1) is 25.2. The van der Waals surface area contributed by atoms with Crippen LogP contribution >= 0.6 is 46.0 Å². The summed E-state index contributed by atoms with van der Waals surface area (Å²) in [7, 11) is 0. The minimum Gasteiger partial charge on any atom is -0.378 e. The van der Waals surface area contributed by atoms with Gasteiger partial charge in [0.2, 0.25) is 0 Å². The maximum absolute atomic E-state index is 12.6. The first-order valence-electron chi connectivity index (χ1n) is 10.7. The lowest BCUT2D eigenvalue weighted by atomic mass is 10.2. The number of nitrogens with one attached hydrogen (secondary N) is 2. The highest BCUT2D eigenvalue weighted by Gasteiger charge is 2.21. The van der Waals surface area contributed by atoms with Crippen molar-refractivity contribution in [1.82, 2.24) is 20.2 Å². The molecule has 1 aromatic heterocycles. The Morgan fingerprint density at radius 3 is 2.51 bits per heavy atom. The Morgan fingerprint density at radius 1 is 1.09 bits per heavy atom. The maximum atomic E-state index is 12.6. The molecule has 7 nitrogen and oxygen atoms in total. The molecule has 178 valence electrons. The average molecular weight is 617 g/mol. The number of amides is 1. The van der Waals surface area contributed by atoms with Crippen LogP contribution in [0.25, 0.3) is 5.69 Å². The molecule has 4 aromatic rings. The zero-order chi connectivity index (χ0) is 24.6. The summed E-state index contributed by atoms with van der Waals surface area (Å²) in [5.74, 6) is 0.506. The number of halogens is 2. The Morgan fingerprint density at radius 2 is 1.80 bits per heavy atom. The molecule has 0 aliphatic heterocycles. The molecule has 0 bridgehead atoms. The van der Waals surface area contributed by atoms with Gasteiger partial charge in [-0.15, -0.1) is 10.2 Å². The van der Waals surface area contributed by atoms with Crippen LogP contribution in [0.5, 0.6) is 0 Å². The van der Waals surface area contributed by atoms with E-state index in [2.05, 4.69) is 48.6 Å². The fourth-order valence-electron chi connectivity index (χ4n) is 3.10. The zero-order valence-corrected chi connectivity index (χ0v) is 22.5. The molecule has 2 N–H and O–H groups in total. The SMILES string of the molecule is C[C@@H](Sc1nnc(CNc2ccc(I)cc2)n1-c1ccccc1)C(=O)N/N=C\c1ccc(Cl)cc1. The predicted octanol–water partition coefficient (Wildman–Crippen LogP) is 5.77. The standard InChI is InChI=1S/C25H22ClIN6OS/c1-17(24(34)31-29-15-18-7-9-19(26)10-8-18)35-25-32-30-23(33(25)22-5-3-2-4-6-22)16-28-21-13-11-20(27)12-14-21/h2-15,17,28H,16H2,1H3,(H,31,34)/b29-15-/t17-/m1/s1. The number of hydrazone groups is 1. The van der Waals surface area contributed by atoms with Crippen molar-refractivity contribution in [3.05, 3.63) is 98.8 Å². The zero-order valence-electron chi connectivity index (χ0n) is 18.7. The number of carbonyl (C=O) groups excluding carboxylic acids is 1. The molecule has 0 unspecified atom stereocenters. The number of nitrogens with zero attached hydrogens (tertiary/aromatic N) is 4. The average Bonchev–Trinajstić information content (AvgIpc) is 3.27. The van der Waals surface area contributed by atoms with Crippen molar-refractivity contribution in [3.8, 4) is 5.69 Å². The van der Waals surface area contributed by atoms with Gasteiger partial charge >= 0.3 is 0 Å². The van der Waals surface area contributed by atoms with Gasteiger partial charge in [0.15, 0.2) is 11.0 Å². The lowest BCUT2D eigenvalue weighted by Crippen LogP contribution is -2.27. The highest BCUT2D eigenvalue weighted by atomic mass is 127. The van der Waals surface area contributed by atoms with E-state index in [4.69, 9.17) is 11.6 Å². The molecule has 3 aromatic carbocycles. The number of aromatic nitrogens is 3. The van der Waals surface area contributed by atoms with E-state index in [-0.39, 0.29) is 5.91 Å². The van der Waals surface area contributed by atoms with Gasteiger partial charge in [0.25, 0.3) is 5.91 Å². The minimum absolute atomic E-state index is 0.235. The Hall–Kier alpha value is -2.89. The van der Waals surface area contributed by atoms with Crippen LogP contribution in [0.15, 0.2) is 89.1 Å². The van der Waals surface area contributed by atoms with Gasteiger partial charge in [-0.2, -0.15) is 5.10 Å². The Kier molecular flexibility index (Phi) is 8.78. The third-order valence-electron chi connectivity index (χ3n) is 4.92. The second-order valence-electron chi connectivity index (χ2n) is 7.48. The molecule has 4 rings (SSSR count). The number of hydrogen-bond donors (Lipinski definition) is 2. The maximum Gasteiger partial charge on any atom is 0.253 e. The van der Waals surface area contributed by atoms with E-state index in [9.17, 15) is 4.79 Å². The fourth-order valence-corrected chi connectivity index (χ4v) is 4.46. The summed E-state index contributed by atoms with van der Waals surface area (Å²) in [5.41, 5.74) is 5.34. The summed E-state index contributed by atoms with van der Waals surface area (Å²) < 4.78 is 3.13. The van der Waals surface area contributed by atoms with Crippen LogP contribution in [0, 0.1) is 3.57 Å². The molecule has 0 aliphatic carbocycles. The normalized spacial score (nSPS) is 12.0. The van der Waals surface area contributed by atoms with Crippen molar-refractivity contribution in [2.75, 3.05) is 5.32 Å². The van der Waals surface area contributed by atoms with Crippen LogP contribution in [-0.2, 0) is 11.3 Å². The van der Waals surface area contributed by atoms with E-state index in [1.807, 2.05) is 78.2 Å². The molecule has 1 amide bonds. The van der Waals surface area contributed by atoms with Crippen LogP contribution < -0.4 is 10.7 Å². The van der Waals surface area contributed by atoms with E-state index in [1.54, 1.807) is 18.3 Å². The highest BCUT2D eigenvalue weighted by molar-refractivity contribution is 14.1. The van der Waals surface area contributed by atoms with Gasteiger partial charge in [0.05, 0.1) is 18.0 Å². The first-order chi connectivity index (χ1) is 17.0. The molecular formula is C25H22ClIN6OS. The number of rotatable bonds is 9. The van der Waals surface area contributed by atoms with Crippen molar-refractivity contribution in [3.63, 3.8) is 0 Å². The summed E-state index contributed by atoms with van der Waals surface area (Å²) in [6.45, 7) is 2.29. The molecule has 0 saturated heterocycles. The van der Waals surface area contributed by atoms with Crippen LogP contribution in [0.3, 0.4) is 0 Å². The Balaban J connectivity index is 1.46. The quantitative estimate of drug-likeness (QED) is 0.108. The Labute approximate surface area is 226 Å². The van der Waals surface area contributed by atoms with Crippen LogP contribution in [0.2, 0.25) is 5.02 Å². The van der Waals surface area contributed by atoms with Crippen molar-refractivity contribution in [2.24, 2.45) is 5.10 Å². The molecular weight excluding hydrogens is 595 g/mol. The van der Waals surface area contributed by atoms with Crippen LogP contribution in [-0.4, -0.2) is 32.1 Å². The number of anilines is 1. The van der Waals surface area contributed by atoms with E-state index >= 15 is 0 Å². The van der Waals surface area contributed by atoms with Crippen molar-refractivity contribution < 1.29 is 4.79 Å². The molecule has 0 radical (unpaired) electrons. The molecule has 0 saturated carbocycles. The van der Waals surface area contributed by atoms with Gasteiger partial charge in [-0.25, -0.2) is 5.43 Å². The van der Waals surface area contributed by atoms with Gasteiger partial charge in [0, 0.05) is 20.0 Å². The molecule has 1 atom stereocenters. The van der Waals surface area contributed by atoms with Gasteiger partial charge < -0.3 is 5.32 Å². The third kappa shape index (κ3) is 7.06. The van der Waals surface area contributed by atoms with Gasteiger partial charge in [-0.05, 0) is 83.6 Å². The number of para-hydroxylation sites is 1. The minimum atomic E-state index is -0.443. The Bertz CT molecular complexity index is 1300. The monoisotopic (exact) mass is 616 g/mol. The third-order valence-corrected chi connectivity index (χ3v) is 6.93. The second-order valence-corrected chi connectivity index (χ2v) is 10.5. The smallest absolute Gasteiger partial charge is 0.253 e. The van der Waals surface area contributed by atoms with Gasteiger partial charge in [-0.3, -0.25) is 9.36 Å². The topological polar surface area (TPSA) is 84.2 Å². The molecule has 0 spiro atoms. The summed E-state index contributed by atoms with van der Waals surface area (Å²) in [4.78, 5) is 12.6. The van der Waals surface area contributed by atoms with E-state index in [1.165, 1.54) is 15.3 Å². The van der Waals surface area contributed by atoms with Gasteiger partial charge in [-0.1, -0.05) is 53.7 Å². The number of hydrogen-bond acceptors (Lipinski definition) is 6.